The van der Waals surface area contributed by atoms with Gasteiger partial charge in [-0.25, -0.2) is 4.83 Å². The maximum absolute atomic E-state index is 11.9. The van der Waals surface area contributed by atoms with E-state index in [4.69, 9.17) is 5.73 Å². The van der Waals surface area contributed by atoms with Crippen molar-refractivity contribution >= 4 is 27.6 Å². The predicted molar refractivity (Wildman–Crippen MR) is 81.9 cm³/mol. The largest absolute Gasteiger partial charge is 0.399 e. The molecule has 0 heterocycles. The molecular weight excluding hydrogens is 308 g/mol. The van der Waals surface area contributed by atoms with E-state index < -0.39 is 14.9 Å². The summed E-state index contributed by atoms with van der Waals surface area (Å²) >= 11 is 0. The van der Waals surface area contributed by atoms with Crippen LogP contribution in [0.2, 0.25) is 0 Å². The number of hydrazone groups is 1. The first kappa shape index (κ1) is 15.4. The van der Waals surface area contributed by atoms with Crippen LogP contribution in [-0.2, 0) is 10.0 Å². The quantitative estimate of drug-likeness (QED) is 0.373. The molecule has 2 rings (SSSR count). The molecule has 114 valence electrons. The first-order chi connectivity index (χ1) is 10.4. The summed E-state index contributed by atoms with van der Waals surface area (Å²) in [6.45, 7) is 0. The Hall–Kier alpha value is -2.94. The fourth-order valence-electron chi connectivity index (χ4n) is 1.59. The van der Waals surface area contributed by atoms with Crippen LogP contribution >= 0.6 is 0 Å². The monoisotopic (exact) mass is 320 g/mol. The van der Waals surface area contributed by atoms with E-state index in [1.54, 1.807) is 6.07 Å². The molecule has 0 aliphatic heterocycles. The standard InChI is InChI=1S/C13H12N4O4S/c14-11-4-6-13(7-5-11)22(20,21)16-15-9-10-2-1-3-12(8-10)17(18)19/h1-9,16H,14H2/b15-9+. The van der Waals surface area contributed by atoms with Gasteiger partial charge in [0.25, 0.3) is 15.7 Å². The highest BCUT2D eigenvalue weighted by Gasteiger charge is 2.12. The first-order valence-corrected chi connectivity index (χ1v) is 7.52. The number of anilines is 1. The fraction of sp³-hybridized carbons (Fsp3) is 0. The number of nitrogen functional groups attached to an aromatic ring is 1. The molecule has 0 amide bonds. The second kappa shape index (κ2) is 6.22. The first-order valence-electron chi connectivity index (χ1n) is 6.03. The number of nitrogens with one attached hydrogen (secondary N) is 1. The number of rotatable bonds is 5. The van der Waals surface area contributed by atoms with Gasteiger partial charge in [0.2, 0.25) is 0 Å². The topological polar surface area (TPSA) is 128 Å². The molecule has 0 atom stereocenters. The molecule has 3 N–H and O–H groups in total. The van der Waals surface area contributed by atoms with Crippen LogP contribution in [0.4, 0.5) is 11.4 Å². The summed E-state index contributed by atoms with van der Waals surface area (Å²) in [5, 5.41) is 14.2. The van der Waals surface area contributed by atoms with Crippen LogP contribution in [0.3, 0.4) is 0 Å². The van der Waals surface area contributed by atoms with Gasteiger partial charge in [-0.15, -0.1) is 0 Å². The Morgan fingerprint density at radius 3 is 2.50 bits per heavy atom. The van der Waals surface area contributed by atoms with Crippen LogP contribution in [0.1, 0.15) is 5.56 Å². The van der Waals surface area contributed by atoms with Crippen molar-refractivity contribution in [1.29, 1.82) is 0 Å². The van der Waals surface area contributed by atoms with Crippen molar-refractivity contribution in [3.63, 3.8) is 0 Å². The Morgan fingerprint density at radius 1 is 1.18 bits per heavy atom. The maximum atomic E-state index is 11.9. The zero-order valence-electron chi connectivity index (χ0n) is 11.2. The molecule has 0 fully saturated rings. The SMILES string of the molecule is Nc1ccc(S(=O)(=O)N/N=C/c2cccc([N+](=O)[O-])c2)cc1. The highest BCUT2D eigenvalue weighted by Crippen LogP contribution is 2.12. The van der Waals surface area contributed by atoms with Crippen LogP contribution in [0.5, 0.6) is 0 Å². The molecule has 2 aromatic carbocycles. The van der Waals surface area contributed by atoms with E-state index in [1.807, 2.05) is 4.83 Å². The van der Waals surface area contributed by atoms with Crippen LogP contribution in [-0.4, -0.2) is 19.6 Å². The summed E-state index contributed by atoms with van der Waals surface area (Å²) in [6, 6.07) is 11.3. The van der Waals surface area contributed by atoms with Gasteiger partial charge in [0.1, 0.15) is 0 Å². The van der Waals surface area contributed by atoms with Gasteiger partial charge >= 0.3 is 0 Å². The Balaban J connectivity index is 2.13. The molecule has 22 heavy (non-hydrogen) atoms. The Kier molecular flexibility index (Phi) is 4.37. The zero-order chi connectivity index (χ0) is 16.2. The molecular formula is C13H12N4O4S. The summed E-state index contributed by atoms with van der Waals surface area (Å²) in [5.41, 5.74) is 6.22. The van der Waals surface area contributed by atoms with Crippen molar-refractivity contribution in [2.45, 2.75) is 4.90 Å². The van der Waals surface area contributed by atoms with E-state index in [1.165, 1.54) is 48.7 Å². The molecule has 0 bridgehead atoms. The van der Waals surface area contributed by atoms with Crippen LogP contribution in [0, 0.1) is 10.1 Å². The molecule has 9 heteroatoms. The summed E-state index contributed by atoms with van der Waals surface area (Å²) in [6.07, 6.45) is 1.18. The van der Waals surface area contributed by atoms with Gasteiger partial charge in [-0.3, -0.25) is 10.1 Å². The second-order valence-corrected chi connectivity index (χ2v) is 5.93. The van der Waals surface area contributed by atoms with Crippen LogP contribution in [0.15, 0.2) is 58.5 Å². The summed E-state index contributed by atoms with van der Waals surface area (Å²) in [4.78, 5) is 12.1. The van der Waals surface area contributed by atoms with Crippen LogP contribution < -0.4 is 10.6 Å². The minimum absolute atomic E-state index is 0.0119. The lowest BCUT2D eigenvalue weighted by molar-refractivity contribution is -0.384. The van der Waals surface area contributed by atoms with Crippen molar-refractivity contribution in [1.82, 2.24) is 4.83 Å². The number of nitro groups is 1. The average Bonchev–Trinajstić information content (AvgIpc) is 2.48. The maximum Gasteiger partial charge on any atom is 0.276 e. The Bertz CT molecular complexity index is 816. The van der Waals surface area contributed by atoms with E-state index in [0.717, 1.165) is 0 Å². The van der Waals surface area contributed by atoms with Crippen molar-refractivity contribution in [3.8, 4) is 0 Å². The number of nitrogens with two attached hydrogens (primary N) is 1. The van der Waals surface area contributed by atoms with Gasteiger partial charge in [-0.05, 0) is 24.3 Å². The molecule has 0 unspecified atom stereocenters. The average molecular weight is 320 g/mol. The third-order valence-electron chi connectivity index (χ3n) is 2.66. The third kappa shape index (κ3) is 3.79. The molecule has 0 saturated heterocycles. The molecule has 0 aliphatic carbocycles. The van der Waals surface area contributed by atoms with E-state index in [0.29, 0.717) is 11.3 Å². The smallest absolute Gasteiger partial charge is 0.276 e. The number of benzene rings is 2. The fourth-order valence-corrected chi connectivity index (χ4v) is 2.38. The van der Waals surface area contributed by atoms with Gasteiger partial charge in [0.05, 0.1) is 16.0 Å². The van der Waals surface area contributed by atoms with E-state index >= 15 is 0 Å². The lowest BCUT2D eigenvalue weighted by Gasteiger charge is -2.03. The number of hydrogen-bond donors (Lipinski definition) is 2. The van der Waals surface area contributed by atoms with E-state index in [-0.39, 0.29) is 10.6 Å². The number of hydrogen-bond acceptors (Lipinski definition) is 6. The molecule has 0 aliphatic rings. The van der Waals surface area contributed by atoms with Gasteiger partial charge in [0.15, 0.2) is 0 Å². The number of nitro benzene ring substituents is 1. The minimum atomic E-state index is -3.81. The van der Waals surface area contributed by atoms with Crippen LogP contribution in [0.25, 0.3) is 0 Å². The Labute approximate surface area is 126 Å². The molecule has 0 spiro atoms. The summed E-state index contributed by atoms with van der Waals surface area (Å²) in [7, 11) is -3.81. The minimum Gasteiger partial charge on any atom is -0.399 e. The van der Waals surface area contributed by atoms with Crippen molar-refractivity contribution in [2.75, 3.05) is 5.73 Å². The van der Waals surface area contributed by atoms with Gasteiger partial charge < -0.3 is 5.73 Å². The normalized spacial score (nSPS) is 11.5. The molecule has 0 radical (unpaired) electrons. The third-order valence-corrected chi connectivity index (χ3v) is 3.90. The molecule has 8 nitrogen and oxygen atoms in total. The predicted octanol–water partition coefficient (Wildman–Crippen LogP) is 1.49. The van der Waals surface area contributed by atoms with Crippen molar-refractivity contribution < 1.29 is 13.3 Å². The zero-order valence-corrected chi connectivity index (χ0v) is 12.0. The highest BCUT2D eigenvalue weighted by atomic mass is 32.2. The highest BCUT2D eigenvalue weighted by molar-refractivity contribution is 7.89. The molecule has 0 saturated carbocycles. The number of non-ortho nitro benzene ring substituents is 1. The number of sulfonamides is 1. The van der Waals surface area contributed by atoms with Gasteiger partial charge in [-0.2, -0.15) is 13.5 Å². The van der Waals surface area contributed by atoms with E-state index in [2.05, 4.69) is 5.10 Å². The lowest BCUT2D eigenvalue weighted by Crippen LogP contribution is -2.18. The van der Waals surface area contributed by atoms with Crippen molar-refractivity contribution in [3.05, 3.63) is 64.2 Å². The summed E-state index contributed by atoms with van der Waals surface area (Å²) in [5.74, 6) is 0. The van der Waals surface area contributed by atoms with Gasteiger partial charge in [-0.1, -0.05) is 12.1 Å². The summed E-state index contributed by atoms with van der Waals surface area (Å²) < 4.78 is 23.9. The van der Waals surface area contributed by atoms with Gasteiger partial charge in [0, 0.05) is 23.4 Å². The lowest BCUT2D eigenvalue weighted by atomic mass is 10.2. The second-order valence-electron chi connectivity index (χ2n) is 4.27. The Morgan fingerprint density at radius 2 is 1.86 bits per heavy atom. The van der Waals surface area contributed by atoms with E-state index in [9.17, 15) is 18.5 Å². The number of nitrogens with zero attached hydrogens (tertiary/aromatic N) is 2. The molecule has 0 aromatic heterocycles. The molecule has 2 aromatic rings. The van der Waals surface area contributed by atoms with Crippen molar-refractivity contribution in [2.24, 2.45) is 5.10 Å².